The minimum absolute atomic E-state index is 0. The van der Waals surface area contributed by atoms with E-state index in [9.17, 15) is 9.90 Å². The maximum atomic E-state index is 12.1. The smallest absolute Gasteiger partial charge is 0.251 e. The summed E-state index contributed by atoms with van der Waals surface area (Å²) >= 11 is 0. The molecule has 3 atom stereocenters. The van der Waals surface area contributed by atoms with Crippen LogP contribution in [-0.2, 0) is 0 Å². The number of phenols is 1. The molecule has 20 heavy (non-hydrogen) atoms. The molecule has 2 aliphatic heterocycles. The largest absolute Gasteiger partial charge is 0.506 e. The normalized spacial score (nSPS) is 26.5. The van der Waals surface area contributed by atoms with Crippen molar-refractivity contribution in [2.45, 2.75) is 37.4 Å². The third kappa shape index (κ3) is 3.11. The molecular formula is C13H19Cl2N3O2. The number of amides is 1. The Labute approximate surface area is 130 Å². The third-order valence-electron chi connectivity index (χ3n) is 3.91. The topological polar surface area (TPSA) is 87.4 Å². The van der Waals surface area contributed by atoms with Crippen LogP contribution < -0.4 is 16.4 Å². The second kappa shape index (κ2) is 6.52. The van der Waals surface area contributed by atoms with E-state index in [1.54, 1.807) is 6.07 Å². The summed E-state index contributed by atoms with van der Waals surface area (Å²) in [4.78, 5) is 12.1. The molecule has 2 bridgehead atoms. The van der Waals surface area contributed by atoms with Crippen LogP contribution in [0.15, 0.2) is 18.2 Å². The minimum Gasteiger partial charge on any atom is -0.506 e. The zero-order chi connectivity index (χ0) is 12.7. The van der Waals surface area contributed by atoms with Gasteiger partial charge >= 0.3 is 0 Å². The summed E-state index contributed by atoms with van der Waals surface area (Å²) in [7, 11) is 0. The van der Waals surface area contributed by atoms with Gasteiger partial charge in [-0.2, -0.15) is 0 Å². The average molecular weight is 320 g/mol. The molecule has 0 aromatic heterocycles. The SMILES string of the molecule is Cl.Cl.Nc1cc(C(=O)N[C@@H]2C[C@H]3CC[C@@H]2N3)ccc1O. The molecule has 0 radical (unpaired) electrons. The van der Waals surface area contributed by atoms with Crippen LogP contribution in [0.25, 0.3) is 0 Å². The number of nitrogen functional groups attached to an aromatic ring is 1. The summed E-state index contributed by atoms with van der Waals surface area (Å²) in [6, 6.07) is 5.72. The van der Waals surface area contributed by atoms with Gasteiger partial charge in [0.1, 0.15) is 5.75 Å². The van der Waals surface area contributed by atoms with Gasteiger partial charge in [0.05, 0.1) is 5.69 Å². The van der Waals surface area contributed by atoms with Crippen molar-refractivity contribution in [3.63, 3.8) is 0 Å². The van der Waals surface area contributed by atoms with Gasteiger partial charge in [-0.15, -0.1) is 24.8 Å². The summed E-state index contributed by atoms with van der Waals surface area (Å²) in [5, 5.41) is 15.8. The Kier molecular flexibility index (Phi) is 5.50. The zero-order valence-electron chi connectivity index (χ0n) is 10.8. The molecule has 5 N–H and O–H groups in total. The number of rotatable bonds is 2. The molecule has 1 amide bonds. The highest BCUT2D eigenvalue weighted by Gasteiger charge is 2.39. The molecule has 2 saturated heterocycles. The number of anilines is 1. The number of carbonyl (C=O) groups excluding carboxylic acids is 1. The Morgan fingerprint density at radius 3 is 2.65 bits per heavy atom. The molecule has 0 aliphatic carbocycles. The Balaban J connectivity index is 0.000001000. The first-order chi connectivity index (χ1) is 8.63. The van der Waals surface area contributed by atoms with Crippen LogP contribution in [0.2, 0.25) is 0 Å². The Hall–Kier alpha value is -1.17. The molecule has 1 aromatic rings. The van der Waals surface area contributed by atoms with Crippen LogP contribution in [-0.4, -0.2) is 29.1 Å². The number of hydrogen-bond acceptors (Lipinski definition) is 4. The van der Waals surface area contributed by atoms with Crippen molar-refractivity contribution in [3.05, 3.63) is 23.8 Å². The van der Waals surface area contributed by atoms with E-state index >= 15 is 0 Å². The van der Waals surface area contributed by atoms with Crippen molar-refractivity contribution in [2.24, 2.45) is 0 Å². The van der Waals surface area contributed by atoms with E-state index in [2.05, 4.69) is 10.6 Å². The first-order valence-corrected chi connectivity index (χ1v) is 6.29. The number of hydrogen-bond donors (Lipinski definition) is 4. The number of halogens is 2. The molecule has 0 unspecified atom stereocenters. The maximum absolute atomic E-state index is 12.1. The second-order valence-electron chi connectivity index (χ2n) is 5.14. The Bertz CT molecular complexity index is 499. The molecule has 2 heterocycles. The molecule has 112 valence electrons. The van der Waals surface area contributed by atoms with Gasteiger partial charge in [-0.3, -0.25) is 4.79 Å². The predicted octanol–water partition coefficient (Wildman–Crippen LogP) is 1.44. The fourth-order valence-electron chi connectivity index (χ4n) is 2.93. The van der Waals surface area contributed by atoms with E-state index < -0.39 is 0 Å². The Morgan fingerprint density at radius 1 is 1.35 bits per heavy atom. The van der Waals surface area contributed by atoms with Crippen molar-refractivity contribution in [2.75, 3.05) is 5.73 Å². The maximum Gasteiger partial charge on any atom is 0.251 e. The van der Waals surface area contributed by atoms with Gasteiger partial charge in [0.15, 0.2) is 0 Å². The van der Waals surface area contributed by atoms with Gasteiger partial charge < -0.3 is 21.5 Å². The predicted molar refractivity (Wildman–Crippen MR) is 82.8 cm³/mol. The van der Waals surface area contributed by atoms with Crippen LogP contribution in [0.3, 0.4) is 0 Å². The lowest BCUT2D eigenvalue weighted by Crippen LogP contribution is -2.42. The van der Waals surface area contributed by atoms with E-state index in [1.807, 2.05) is 0 Å². The number of nitrogens with two attached hydrogens (primary N) is 1. The molecule has 0 spiro atoms. The Morgan fingerprint density at radius 2 is 2.10 bits per heavy atom. The van der Waals surface area contributed by atoms with E-state index in [-0.39, 0.29) is 48.2 Å². The monoisotopic (exact) mass is 319 g/mol. The summed E-state index contributed by atoms with van der Waals surface area (Å²) in [5.41, 5.74) is 6.31. The fourth-order valence-corrected chi connectivity index (χ4v) is 2.93. The van der Waals surface area contributed by atoms with Gasteiger partial charge in [-0.1, -0.05) is 0 Å². The number of fused-ring (bicyclic) bond motifs is 2. The standard InChI is InChI=1S/C13H17N3O2.2ClH/c14-9-5-7(1-4-12(9)17)13(18)16-11-6-8-2-3-10(11)15-8;;/h1,4-5,8,10-11,15,17H,2-3,6,14H2,(H,16,18);2*1H/t8-,10+,11-;;/m1../s1. The number of carbonyl (C=O) groups is 1. The third-order valence-corrected chi connectivity index (χ3v) is 3.91. The summed E-state index contributed by atoms with van der Waals surface area (Å²) in [5.74, 6) is -0.116. The lowest BCUT2D eigenvalue weighted by atomic mass is 9.95. The number of phenolic OH excluding ortho intramolecular Hbond substituents is 1. The quantitative estimate of drug-likeness (QED) is 0.490. The summed E-state index contributed by atoms with van der Waals surface area (Å²) < 4.78 is 0. The van der Waals surface area contributed by atoms with Crippen LogP contribution in [0.5, 0.6) is 5.75 Å². The van der Waals surface area contributed by atoms with Crippen molar-refractivity contribution in [1.29, 1.82) is 0 Å². The van der Waals surface area contributed by atoms with Gasteiger partial charge in [0, 0.05) is 23.7 Å². The van der Waals surface area contributed by atoms with Gasteiger partial charge in [-0.25, -0.2) is 0 Å². The summed E-state index contributed by atoms with van der Waals surface area (Å²) in [6.07, 6.45) is 3.35. The summed E-state index contributed by atoms with van der Waals surface area (Å²) in [6.45, 7) is 0. The average Bonchev–Trinajstić information content (AvgIpc) is 2.94. The van der Waals surface area contributed by atoms with Crippen LogP contribution in [0, 0.1) is 0 Å². The van der Waals surface area contributed by atoms with Gasteiger partial charge in [0.25, 0.3) is 5.91 Å². The minimum atomic E-state index is -0.124. The van der Waals surface area contributed by atoms with Crippen LogP contribution in [0.4, 0.5) is 5.69 Å². The molecule has 1 aromatic carbocycles. The zero-order valence-corrected chi connectivity index (χ0v) is 12.5. The molecule has 2 aliphatic rings. The van der Waals surface area contributed by atoms with Crippen LogP contribution in [0.1, 0.15) is 29.6 Å². The van der Waals surface area contributed by atoms with E-state index in [1.165, 1.54) is 18.6 Å². The number of aromatic hydroxyl groups is 1. The number of benzene rings is 1. The second-order valence-corrected chi connectivity index (χ2v) is 5.14. The van der Waals surface area contributed by atoms with Gasteiger partial charge in [-0.05, 0) is 37.5 Å². The lowest BCUT2D eigenvalue weighted by Gasteiger charge is -2.21. The van der Waals surface area contributed by atoms with E-state index in [4.69, 9.17) is 5.73 Å². The molecular weight excluding hydrogens is 301 g/mol. The van der Waals surface area contributed by atoms with Crippen molar-refractivity contribution in [3.8, 4) is 5.75 Å². The lowest BCUT2D eigenvalue weighted by molar-refractivity contribution is 0.0931. The van der Waals surface area contributed by atoms with Crippen LogP contribution >= 0.6 is 24.8 Å². The fraction of sp³-hybridized carbons (Fsp3) is 0.462. The molecule has 0 saturated carbocycles. The van der Waals surface area contributed by atoms with E-state index in [0.717, 1.165) is 12.8 Å². The highest BCUT2D eigenvalue weighted by Crippen LogP contribution is 2.28. The van der Waals surface area contributed by atoms with Gasteiger partial charge in [0.2, 0.25) is 0 Å². The van der Waals surface area contributed by atoms with Crippen molar-refractivity contribution < 1.29 is 9.90 Å². The first-order valence-electron chi connectivity index (χ1n) is 6.29. The van der Waals surface area contributed by atoms with Crippen molar-refractivity contribution >= 4 is 36.4 Å². The highest BCUT2D eigenvalue weighted by molar-refractivity contribution is 5.95. The molecule has 7 heteroatoms. The van der Waals surface area contributed by atoms with E-state index in [0.29, 0.717) is 17.6 Å². The molecule has 5 nitrogen and oxygen atoms in total. The first kappa shape index (κ1) is 16.9. The van der Waals surface area contributed by atoms with Crippen molar-refractivity contribution in [1.82, 2.24) is 10.6 Å². The molecule has 2 fully saturated rings. The highest BCUT2D eigenvalue weighted by atomic mass is 35.5. The molecule has 3 rings (SSSR count). The number of nitrogens with one attached hydrogen (secondary N) is 2.